The van der Waals surface area contributed by atoms with Crippen LogP contribution in [0.4, 0.5) is 9.80 Å². The van der Waals surface area contributed by atoms with Gasteiger partial charge in [-0.3, -0.25) is 4.79 Å². The van der Waals surface area contributed by atoms with Crippen molar-refractivity contribution in [1.29, 1.82) is 5.26 Å². The second kappa shape index (κ2) is 9.53. The molecule has 3 aromatic rings. The number of nitrogens with one attached hydrogen (secondary N) is 2. The minimum Gasteiger partial charge on any atom is -0.472 e. The first-order chi connectivity index (χ1) is 15.5. The maximum atomic E-state index is 12.3. The lowest BCUT2D eigenvalue weighted by Crippen LogP contribution is -2.32. The van der Waals surface area contributed by atoms with Crippen LogP contribution in [-0.4, -0.2) is 27.7 Å². The van der Waals surface area contributed by atoms with Crippen LogP contribution in [0.15, 0.2) is 41.5 Å². The third-order valence-electron chi connectivity index (χ3n) is 5.12. The molecule has 32 heavy (non-hydrogen) atoms. The molecule has 1 aliphatic carbocycles. The number of alkyl carbamates (subject to hydrolysis) is 1. The summed E-state index contributed by atoms with van der Waals surface area (Å²) < 4.78 is 12.3. The number of ether oxygens (including phenoxy) is 1. The number of aryl methyl sites for hydroxylation is 1. The van der Waals surface area contributed by atoms with E-state index in [9.17, 15) is 14.9 Å². The van der Waals surface area contributed by atoms with E-state index in [0.29, 0.717) is 29.8 Å². The van der Waals surface area contributed by atoms with Crippen LogP contribution in [0.3, 0.4) is 0 Å². The van der Waals surface area contributed by atoms with Crippen LogP contribution in [-0.2, 0) is 36.0 Å². The summed E-state index contributed by atoms with van der Waals surface area (Å²) in [6.45, 7) is 0.278. The number of aromatic nitrogens is 2. The number of carbonyl (C=O) groups is 2. The van der Waals surface area contributed by atoms with Crippen LogP contribution in [0.2, 0.25) is 0 Å². The van der Waals surface area contributed by atoms with Gasteiger partial charge >= 0.3 is 6.09 Å². The average molecular weight is 452 g/mol. The molecule has 0 bridgehead atoms. The first-order valence-corrected chi connectivity index (χ1v) is 10.8. The lowest BCUT2D eigenvalue weighted by Gasteiger charge is -2.22. The molecule has 3 heterocycles. The van der Waals surface area contributed by atoms with E-state index in [1.54, 1.807) is 24.5 Å². The number of amides is 2. The molecule has 3 aromatic heterocycles. The van der Waals surface area contributed by atoms with Crippen molar-refractivity contribution in [2.24, 2.45) is 7.05 Å². The second-order valence-corrected chi connectivity index (χ2v) is 8.38. The van der Waals surface area contributed by atoms with E-state index in [-0.39, 0.29) is 18.6 Å². The van der Waals surface area contributed by atoms with Crippen molar-refractivity contribution in [3.05, 3.63) is 64.5 Å². The fraction of sp³-hybridized carbons (Fsp3) is 0.273. The number of anilines is 1. The molecule has 1 aliphatic rings. The molecule has 0 aliphatic heterocycles. The van der Waals surface area contributed by atoms with Crippen molar-refractivity contribution < 1.29 is 18.7 Å². The Morgan fingerprint density at radius 1 is 1.50 bits per heavy atom. The molecule has 4 rings (SSSR count). The van der Waals surface area contributed by atoms with Crippen LogP contribution in [0, 0.1) is 11.3 Å². The molecule has 0 saturated heterocycles. The van der Waals surface area contributed by atoms with Gasteiger partial charge in [0.15, 0.2) is 0 Å². The zero-order valence-electron chi connectivity index (χ0n) is 17.3. The van der Waals surface area contributed by atoms with Gasteiger partial charge in [0.1, 0.15) is 23.0 Å². The summed E-state index contributed by atoms with van der Waals surface area (Å²) in [6, 6.07) is 3.94. The second-order valence-electron chi connectivity index (χ2n) is 7.28. The summed E-state index contributed by atoms with van der Waals surface area (Å²) in [5.41, 5.74) is 2.17. The molecule has 0 aromatic carbocycles. The Labute approximate surface area is 188 Å². The maximum Gasteiger partial charge on any atom is 0.407 e. The zero-order valence-corrected chi connectivity index (χ0v) is 18.1. The van der Waals surface area contributed by atoms with Gasteiger partial charge in [-0.1, -0.05) is 0 Å². The summed E-state index contributed by atoms with van der Waals surface area (Å²) in [7, 11) is 1.85. The molecular weight excluding hydrogens is 430 g/mol. The van der Waals surface area contributed by atoms with Gasteiger partial charge in [0.05, 0.1) is 24.6 Å². The fourth-order valence-corrected chi connectivity index (χ4v) is 4.73. The highest BCUT2D eigenvalue weighted by Crippen LogP contribution is 2.38. The largest absolute Gasteiger partial charge is 0.472 e. The highest BCUT2D eigenvalue weighted by atomic mass is 32.1. The predicted octanol–water partition coefficient (Wildman–Crippen LogP) is 3.38. The normalized spacial score (nSPS) is 15.2. The van der Waals surface area contributed by atoms with E-state index in [2.05, 4.69) is 21.7 Å². The number of nitriles is 1. The SMILES string of the molecule is Cn1ccnc1CNC(=O)OC1CCc2c(sc(NC(=O)C=Cc3ccoc3)c2C#N)C1. The Kier molecular flexibility index (Phi) is 6.37. The van der Waals surface area contributed by atoms with Crippen molar-refractivity contribution >= 4 is 34.4 Å². The van der Waals surface area contributed by atoms with Crippen molar-refractivity contribution in [3.8, 4) is 6.07 Å². The molecule has 9 nitrogen and oxygen atoms in total. The summed E-state index contributed by atoms with van der Waals surface area (Å²) in [5.74, 6) is 0.398. The molecule has 0 spiro atoms. The number of carbonyl (C=O) groups excluding carboxylic acids is 2. The highest BCUT2D eigenvalue weighted by molar-refractivity contribution is 7.16. The first-order valence-electron chi connectivity index (χ1n) is 10.00. The quantitative estimate of drug-likeness (QED) is 0.554. The van der Waals surface area contributed by atoms with E-state index >= 15 is 0 Å². The Balaban J connectivity index is 1.36. The molecule has 10 heteroatoms. The highest BCUT2D eigenvalue weighted by Gasteiger charge is 2.28. The number of imidazole rings is 1. The van der Waals surface area contributed by atoms with Crippen LogP contribution in [0.5, 0.6) is 0 Å². The Morgan fingerprint density at radius 3 is 3.09 bits per heavy atom. The van der Waals surface area contributed by atoms with Crippen LogP contribution in [0.25, 0.3) is 6.08 Å². The van der Waals surface area contributed by atoms with E-state index < -0.39 is 6.09 Å². The third kappa shape index (κ3) is 4.90. The van der Waals surface area contributed by atoms with Crippen LogP contribution >= 0.6 is 11.3 Å². The van der Waals surface area contributed by atoms with Crippen molar-refractivity contribution in [3.63, 3.8) is 0 Å². The molecule has 2 amide bonds. The van der Waals surface area contributed by atoms with Gasteiger partial charge in [0, 0.05) is 42.4 Å². The Bertz CT molecular complexity index is 1190. The number of thiophene rings is 1. The number of hydrogen-bond donors (Lipinski definition) is 2. The minimum absolute atomic E-state index is 0.278. The lowest BCUT2D eigenvalue weighted by molar-refractivity contribution is -0.111. The van der Waals surface area contributed by atoms with E-state index in [1.165, 1.54) is 29.9 Å². The fourth-order valence-electron chi connectivity index (χ4n) is 3.47. The van der Waals surface area contributed by atoms with Crippen LogP contribution < -0.4 is 10.6 Å². The molecule has 1 atom stereocenters. The number of nitrogens with zero attached hydrogens (tertiary/aromatic N) is 3. The van der Waals surface area contributed by atoms with Gasteiger partial charge in [-0.2, -0.15) is 5.26 Å². The number of fused-ring (bicyclic) bond motifs is 1. The Hall–Kier alpha value is -3.84. The molecular formula is C22H21N5O4S. The topological polar surface area (TPSA) is 122 Å². The summed E-state index contributed by atoms with van der Waals surface area (Å²) >= 11 is 1.35. The monoisotopic (exact) mass is 451 g/mol. The van der Waals surface area contributed by atoms with Crippen LogP contribution in [0.1, 0.15) is 33.8 Å². The van der Waals surface area contributed by atoms with E-state index in [0.717, 1.165) is 21.8 Å². The van der Waals surface area contributed by atoms with Crippen molar-refractivity contribution in [2.75, 3.05) is 5.32 Å². The summed E-state index contributed by atoms with van der Waals surface area (Å²) in [5, 5.41) is 15.6. The molecule has 0 fully saturated rings. The van der Waals surface area contributed by atoms with Gasteiger partial charge < -0.3 is 24.4 Å². The van der Waals surface area contributed by atoms with Gasteiger partial charge in [-0.05, 0) is 30.5 Å². The van der Waals surface area contributed by atoms with Gasteiger partial charge in [-0.15, -0.1) is 11.3 Å². The van der Waals surface area contributed by atoms with Crippen molar-refractivity contribution in [2.45, 2.75) is 31.9 Å². The Morgan fingerprint density at radius 2 is 2.38 bits per heavy atom. The molecule has 0 radical (unpaired) electrons. The third-order valence-corrected chi connectivity index (χ3v) is 6.29. The molecule has 164 valence electrons. The molecule has 2 N–H and O–H groups in total. The van der Waals surface area contributed by atoms with Gasteiger partial charge in [0.2, 0.25) is 5.91 Å². The molecule has 0 saturated carbocycles. The van der Waals surface area contributed by atoms with Gasteiger partial charge in [-0.25, -0.2) is 9.78 Å². The predicted molar refractivity (Wildman–Crippen MR) is 118 cm³/mol. The summed E-state index contributed by atoms with van der Waals surface area (Å²) in [4.78, 5) is 29.6. The smallest absolute Gasteiger partial charge is 0.407 e. The zero-order chi connectivity index (χ0) is 22.5. The van der Waals surface area contributed by atoms with E-state index in [4.69, 9.17) is 9.15 Å². The standard InChI is InChI=1S/C22H21N5O4S/c1-27-8-7-24-19(27)12-25-22(29)31-15-3-4-16-17(11-23)21(32-18(16)10-15)26-20(28)5-2-14-6-9-30-13-14/h2,5-9,13,15H,3-4,10,12H2,1H3,(H,25,29)(H,26,28). The average Bonchev–Trinajstić information content (AvgIpc) is 3.50. The first kappa shape index (κ1) is 21.4. The summed E-state index contributed by atoms with van der Waals surface area (Å²) in [6.07, 6.45) is 10.5. The number of hydrogen-bond acceptors (Lipinski definition) is 7. The number of rotatable bonds is 6. The van der Waals surface area contributed by atoms with Crippen molar-refractivity contribution in [1.82, 2.24) is 14.9 Å². The maximum absolute atomic E-state index is 12.3. The van der Waals surface area contributed by atoms with Gasteiger partial charge in [0.25, 0.3) is 0 Å². The molecule has 1 unspecified atom stereocenters. The van der Waals surface area contributed by atoms with E-state index in [1.807, 2.05) is 11.6 Å². The lowest BCUT2D eigenvalue weighted by atomic mass is 9.94. The number of furan rings is 1. The minimum atomic E-state index is -0.503.